The summed E-state index contributed by atoms with van der Waals surface area (Å²) in [5, 5.41) is 23.0. The van der Waals surface area contributed by atoms with Crippen LogP contribution in [0.1, 0.15) is 64.3 Å². The van der Waals surface area contributed by atoms with Crippen molar-refractivity contribution in [3.63, 3.8) is 0 Å². The fraction of sp³-hybridized carbons (Fsp3) is 0.385. The maximum absolute atomic E-state index is 15.1. The Bertz CT molecular complexity index is 2320. The number of hydrogen-bond acceptors (Lipinski definition) is 13. The minimum absolute atomic E-state index is 0.0259. The van der Waals surface area contributed by atoms with Crippen LogP contribution in [0.4, 0.5) is 30.4 Å². The van der Waals surface area contributed by atoms with Gasteiger partial charge in [0, 0.05) is 41.5 Å². The molecule has 5 rings (SSSR count). The van der Waals surface area contributed by atoms with E-state index in [-0.39, 0.29) is 35.2 Å². The third kappa shape index (κ3) is 10.5. The van der Waals surface area contributed by atoms with Gasteiger partial charge in [0.1, 0.15) is 11.9 Å². The molecular formula is C39H44F3N5O11S. The van der Waals surface area contributed by atoms with Crippen LogP contribution in [0, 0.1) is 16.0 Å². The molecule has 0 aliphatic carbocycles. The van der Waals surface area contributed by atoms with Gasteiger partial charge in [-0.25, -0.2) is 18.2 Å². The molecule has 1 aliphatic rings. The number of nitro benzene ring substituents is 1. The second kappa shape index (κ2) is 18.6. The molecular weight excluding hydrogens is 804 g/mol. The number of nitrogens with two attached hydrogens (primary N) is 1. The predicted molar refractivity (Wildman–Crippen MR) is 210 cm³/mol. The molecule has 0 spiro atoms. The normalized spacial score (nSPS) is 15.9. The Balaban J connectivity index is 0.00000101. The number of likely N-dealkylation sites (tertiary alicyclic amines) is 1. The first-order chi connectivity index (χ1) is 27.6. The molecule has 1 amide bonds. The number of ether oxygens (including phenoxy) is 3. The zero-order chi connectivity index (χ0) is 44.0. The van der Waals surface area contributed by atoms with E-state index in [1.165, 1.54) is 31.9 Å². The molecule has 1 aromatic heterocycles. The van der Waals surface area contributed by atoms with E-state index in [9.17, 15) is 36.5 Å². The number of pyridine rings is 1. The number of anilines is 2. The molecule has 16 nitrogen and oxygen atoms in total. The fourth-order valence-electron chi connectivity index (χ4n) is 6.45. The fourth-order valence-corrected chi connectivity index (χ4v) is 7.72. The van der Waals surface area contributed by atoms with Gasteiger partial charge in [0.15, 0.2) is 21.3 Å². The lowest BCUT2D eigenvalue weighted by Gasteiger charge is -2.33. The number of nitrogen functional groups attached to an aromatic ring is 1. The van der Waals surface area contributed by atoms with Gasteiger partial charge in [-0.3, -0.25) is 19.7 Å². The van der Waals surface area contributed by atoms with E-state index < -0.39 is 62.0 Å². The predicted octanol–water partition coefficient (Wildman–Crippen LogP) is 6.64. The number of esters is 1. The van der Waals surface area contributed by atoms with Gasteiger partial charge in [0.25, 0.3) is 5.69 Å². The number of rotatable bonds is 13. The van der Waals surface area contributed by atoms with E-state index in [0.29, 0.717) is 35.2 Å². The molecule has 4 aromatic rings. The van der Waals surface area contributed by atoms with Crippen molar-refractivity contribution in [3.8, 4) is 11.5 Å². The van der Waals surface area contributed by atoms with Gasteiger partial charge in [-0.15, -0.1) is 0 Å². The number of nitrogens with zero attached hydrogens (tertiary/aromatic N) is 3. The molecule has 0 radical (unpaired) electrons. The molecule has 318 valence electrons. The monoisotopic (exact) mass is 847 g/mol. The summed E-state index contributed by atoms with van der Waals surface area (Å²) in [4.78, 5) is 54.0. The number of hydrogen-bond donors (Lipinski definition) is 3. The third-order valence-electron chi connectivity index (χ3n) is 9.19. The molecule has 1 saturated heterocycles. The zero-order valence-electron chi connectivity index (χ0n) is 32.8. The highest BCUT2D eigenvalue weighted by atomic mass is 32.2. The topological polar surface area (TPSA) is 231 Å². The smallest absolute Gasteiger partial charge is 0.490 e. The van der Waals surface area contributed by atoms with Crippen LogP contribution in [0.5, 0.6) is 11.5 Å². The summed E-state index contributed by atoms with van der Waals surface area (Å²) in [6.07, 6.45) is -3.55. The van der Waals surface area contributed by atoms with Crippen molar-refractivity contribution >= 4 is 55.6 Å². The second-order valence-electron chi connectivity index (χ2n) is 13.8. The minimum atomic E-state index is -5.08. The summed E-state index contributed by atoms with van der Waals surface area (Å²) in [7, 11) is -2.84. The number of aromatic nitrogens is 1. The van der Waals surface area contributed by atoms with Crippen LogP contribution in [-0.4, -0.2) is 84.0 Å². The molecule has 59 heavy (non-hydrogen) atoms. The number of alkyl halides is 3. The summed E-state index contributed by atoms with van der Waals surface area (Å²) < 4.78 is 76.2. The van der Waals surface area contributed by atoms with Crippen molar-refractivity contribution in [2.75, 3.05) is 31.3 Å². The lowest BCUT2D eigenvalue weighted by molar-refractivity contribution is -0.385. The summed E-state index contributed by atoms with van der Waals surface area (Å²) in [5.41, 5.74) is 6.70. The van der Waals surface area contributed by atoms with Crippen LogP contribution in [0.2, 0.25) is 0 Å². The molecule has 1 fully saturated rings. The maximum atomic E-state index is 15.1. The minimum Gasteiger partial charge on any atom is -0.490 e. The highest BCUT2D eigenvalue weighted by molar-refractivity contribution is 7.92. The number of carbonyl (C=O) groups excluding carboxylic acids is 2. The molecule has 2 heterocycles. The molecule has 3 atom stereocenters. The van der Waals surface area contributed by atoms with Gasteiger partial charge >= 0.3 is 18.1 Å². The van der Waals surface area contributed by atoms with Gasteiger partial charge in [-0.05, 0) is 94.5 Å². The lowest BCUT2D eigenvalue weighted by atomic mass is 9.92. The number of nitro groups is 1. The van der Waals surface area contributed by atoms with Gasteiger partial charge in [0.05, 0.1) is 46.8 Å². The molecule has 3 unspecified atom stereocenters. The Kier molecular flexibility index (Phi) is 14.4. The van der Waals surface area contributed by atoms with E-state index in [2.05, 4.69) is 10.3 Å². The number of non-ortho nitro benzene ring substituents is 1. The molecule has 3 aromatic carbocycles. The van der Waals surface area contributed by atoms with Crippen molar-refractivity contribution in [3.05, 3.63) is 88.1 Å². The second-order valence-corrected chi connectivity index (χ2v) is 16.3. The van der Waals surface area contributed by atoms with E-state index in [1.807, 2.05) is 26.8 Å². The van der Waals surface area contributed by atoms with Gasteiger partial charge in [-0.2, -0.15) is 13.2 Å². The van der Waals surface area contributed by atoms with Crippen molar-refractivity contribution in [2.45, 2.75) is 75.5 Å². The number of amides is 1. The van der Waals surface area contributed by atoms with E-state index in [1.54, 1.807) is 42.6 Å². The van der Waals surface area contributed by atoms with Crippen molar-refractivity contribution in [1.29, 1.82) is 0 Å². The van der Waals surface area contributed by atoms with Crippen LogP contribution >= 0.6 is 0 Å². The SMILES string of the molecule is CCOc1cc(C(Nc2ccc3c(N)nccc3c2)C(=O)N2CCC(C(=O)OC)C2c2cc([N+](=O)[O-])ccc2S(=O)(=O)C(C)C)ccc1OC(C)C.O=C(O)C(F)(F)F. The van der Waals surface area contributed by atoms with Crippen molar-refractivity contribution < 1.29 is 60.2 Å². The lowest BCUT2D eigenvalue weighted by Crippen LogP contribution is -2.40. The average molecular weight is 848 g/mol. The van der Waals surface area contributed by atoms with Crippen LogP contribution < -0.4 is 20.5 Å². The van der Waals surface area contributed by atoms with Crippen LogP contribution in [0.15, 0.2) is 71.8 Å². The molecule has 20 heteroatoms. The van der Waals surface area contributed by atoms with Crippen LogP contribution in [0.25, 0.3) is 10.8 Å². The zero-order valence-corrected chi connectivity index (χ0v) is 33.7. The number of fused-ring (bicyclic) bond motifs is 1. The van der Waals surface area contributed by atoms with Crippen molar-refractivity contribution in [2.24, 2.45) is 5.92 Å². The Morgan fingerprint density at radius 3 is 2.31 bits per heavy atom. The number of nitrogens with one attached hydrogen (secondary N) is 1. The van der Waals surface area contributed by atoms with E-state index in [0.717, 1.165) is 22.9 Å². The average Bonchev–Trinajstić information content (AvgIpc) is 3.62. The van der Waals surface area contributed by atoms with Crippen LogP contribution in [0.3, 0.4) is 0 Å². The Hall–Kier alpha value is -6.18. The Morgan fingerprint density at radius 2 is 1.73 bits per heavy atom. The largest absolute Gasteiger partial charge is 0.490 e. The van der Waals surface area contributed by atoms with Crippen LogP contribution in [-0.2, 0) is 29.0 Å². The summed E-state index contributed by atoms with van der Waals surface area (Å²) in [6.45, 7) is 8.92. The number of methoxy groups -OCH3 is 1. The first-order valence-electron chi connectivity index (χ1n) is 18.2. The number of sulfone groups is 1. The first kappa shape index (κ1) is 45.5. The highest BCUT2D eigenvalue weighted by Gasteiger charge is 2.47. The van der Waals surface area contributed by atoms with Gasteiger partial charge in [0.2, 0.25) is 5.91 Å². The number of carboxylic acid groups (broad SMARTS) is 1. The number of carbonyl (C=O) groups is 3. The van der Waals surface area contributed by atoms with E-state index in [4.69, 9.17) is 29.8 Å². The van der Waals surface area contributed by atoms with Crippen molar-refractivity contribution in [1.82, 2.24) is 9.88 Å². The standard InChI is InChI=1S/C37H43N5O9S.C2HF3O2/c1-7-50-31-19-24(8-12-30(31)51-21(2)3)33(40-25-9-11-27-23(18-25)14-16-39-35(27)38)36(43)41-17-15-28(37(44)49-6)34(41)29-20-26(42(45)46)10-13-32(29)52(47,48)22(4)5;3-2(4,5)1(6)7/h8-14,16,18-22,28,33-34,40H,7,15,17H2,1-6H3,(H2,38,39);(H,6,7). The van der Waals surface area contributed by atoms with E-state index >= 15 is 4.79 Å². The summed E-state index contributed by atoms with van der Waals surface area (Å²) in [5.74, 6) is -3.76. The van der Waals surface area contributed by atoms with Gasteiger partial charge < -0.3 is 35.3 Å². The highest BCUT2D eigenvalue weighted by Crippen LogP contribution is 2.45. The first-order valence-corrected chi connectivity index (χ1v) is 19.7. The molecule has 4 N–H and O–H groups in total. The summed E-state index contributed by atoms with van der Waals surface area (Å²) >= 11 is 0. The van der Waals surface area contributed by atoms with Gasteiger partial charge in [-0.1, -0.05) is 6.07 Å². The Morgan fingerprint density at radius 1 is 1.05 bits per heavy atom. The third-order valence-corrected chi connectivity index (χ3v) is 11.4. The maximum Gasteiger partial charge on any atom is 0.490 e. The summed E-state index contributed by atoms with van der Waals surface area (Å²) in [6, 6.07) is 13.4. The number of aliphatic carboxylic acids is 1. The molecule has 0 bridgehead atoms. The number of carboxylic acids is 1. The molecule has 1 aliphatic heterocycles. The quantitative estimate of drug-likeness (QED) is 0.0728. The Labute approximate surface area is 337 Å². The number of halogens is 3. The molecule has 0 saturated carbocycles. The number of benzene rings is 3.